The number of amides is 1. The fourth-order valence-electron chi connectivity index (χ4n) is 3.37. The summed E-state index contributed by atoms with van der Waals surface area (Å²) in [4.78, 5) is 14.9. The third-order valence-corrected chi connectivity index (χ3v) is 5.05. The zero-order valence-corrected chi connectivity index (χ0v) is 14.2. The molecular weight excluding hydrogens is 319 g/mol. The first-order valence-corrected chi connectivity index (χ1v) is 9.02. The van der Waals surface area contributed by atoms with Crippen molar-refractivity contribution in [3.8, 4) is 5.69 Å². The first-order valence-electron chi connectivity index (χ1n) is 9.02. The van der Waals surface area contributed by atoms with Crippen molar-refractivity contribution in [1.29, 1.82) is 0 Å². The van der Waals surface area contributed by atoms with Gasteiger partial charge in [0.1, 0.15) is 5.82 Å². The first-order chi connectivity index (χ1) is 12.2. The number of carbonyl (C=O) groups excluding carboxylic acids is 1. The van der Waals surface area contributed by atoms with Crippen LogP contribution < -0.4 is 5.32 Å². The van der Waals surface area contributed by atoms with Crippen molar-refractivity contribution in [2.45, 2.75) is 31.7 Å². The van der Waals surface area contributed by atoms with Crippen molar-refractivity contribution in [3.63, 3.8) is 0 Å². The Morgan fingerprint density at radius 2 is 1.84 bits per heavy atom. The number of nitrogens with zero attached hydrogens (tertiary/aromatic N) is 3. The number of aromatic nitrogens is 2. The summed E-state index contributed by atoms with van der Waals surface area (Å²) in [5.41, 5.74) is 1.12. The third kappa shape index (κ3) is 4.07. The van der Waals surface area contributed by atoms with Gasteiger partial charge >= 0.3 is 0 Å². The molecule has 5 nitrogen and oxygen atoms in total. The van der Waals surface area contributed by atoms with E-state index in [-0.39, 0.29) is 17.8 Å². The maximum atomic E-state index is 13.0. The Balaban J connectivity index is 1.31. The Labute approximate surface area is 146 Å². The van der Waals surface area contributed by atoms with Crippen LogP contribution >= 0.6 is 0 Å². The molecule has 2 aromatic rings. The van der Waals surface area contributed by atoms with Crippen LogP contribution in [0.25, 0.3) is 5.69 Å². The van der Waals surface area contributed by atoms with E-state index in [9.17, 15) is 9.18 Å². The number of piperidine rings is 1. The molecule has 0 bridgehead atoms. The molecule has 1 aliphatic heterocycles. The minimum Gasteiger partial charge on any atom is -0.348 e. The van der Waals surface area contributed by atoms with Gasteiger partial charge in [0.2, 0.25) is 0 Å². The van der Waals surface area contributed by atoms with Crippen molar-refractivity contribution in [3.05, 3.63) is 48.0 Å². The number of hydrogen-bond donors (Lipinski definition) is 1. The molecular formula is C19H23FN4O. The predicted molar refractivity (Wildman–Crippen MR) is 93.2 cm³/mol. The van der Waals surface area contributed by atoms with Crippen molar-refractivity contribution in [2.75, 3.05) is 19.6 Å². The monoisotopic (exact) mass is 342 g/mol. The van der Waals surface area contributed by atoms with Crippen molar-refractivity contribution in [1.82, 2.24) is 20.0 Å². The second kappa shape index (κ2) is 6.96. The van der Waals surface area contributed by atoms with Crippen molar-refractivity contribution < 1.29 is 9.18 Å². The second-order valence-corrected chi connectivity index (χ2v) is 7.11. The van der Waals surface area contributed by atoms with E-state index in [2.05, 4.69) is 15.3 Å². The van der Waals surface area contributed by atoms with Gasteiger partial charge in [0.15, 0.2) is 5.69 Å². The highest BCUT2D eigenvalue weighted by Gasteiger charge is 2.27. The molecule has 1 saturated heterocycles. The standard InChI is InChI=1S/C19H23FN4O/c20-15-3-5-17(6-4-15)24-12-9-18(22-24)19(25)21-16-7-10-23(11-8-16)13-14-1-2-14/h3-6,9,12,14,16H,1-2,7-8,10-11,13H2,(H,21,25). The Morgan fingerprint density at radius 3 is 2.52 bits per heavy atom. The average Bonchev–Trinajstić information content (AvgIpc) is 3.29. The molecule has 0 unspecified atom stereocenters. The van der Waals surface area contributed by atoms with Gasteiger partial charge in [0, 0.05) is 31.9 Å². The fourth-order valence-corrected chi connectivity index (χ4v) is 3.37. The molecule has 1 aliphatic carbocycles. The van der Waals surface area contributed by atoms with Gasteiger partial charge in [-0.3, -0.25) is 4.79 Å². The predicted octanol–water partition coefficient (Wildman–Crippen LogP) is 2.62. The quantitative estimate of drug-likeness (QED) is 0.909. The van der Waals surface area contributed by atoms with E-state index in [4.69, 9.17) is 0 Å². The van der Waals surface area contributed by atoms with Crippen LogP contribution in [0.15, 0.2) is 36.5 Å². The van der Waals surface area contributed by atoms with E-state index in [1.54, 1.807) is 29.1 Å². The summed E-state index contributed by atoms with van der Waals surface area (Å²) >= 11 is 0. The SMILES string of the molecule is O=C(NC1CCN(CC2CC2)CC1)c1ccn(-c2ccc(F)cc2)n1. The summed E-state index contributed by atoms with van der Waals surface area (Å²) in [6, 6.07) is 7.96. The summed E-state index contributed by atoms with van der Waals surface area (Å²) < 4.78 is 14.6. The highest BCUT2D eigenvalue weighted by molar-refractivity contribution is 5.92. The van der Waals surface area contributed by atoms with Gasteiger partial charge < -0.3 is 10.2 Å². The fraction of sp³-hybridized carbons (Fsp3) is 0.474. The van der Waals surface area contributed by atoms with E-state index in [0.29, 0.717) is 5.69 Å². The van der Waals surface area contributed by atoms with E-state index >= 15 is 0 Å². The van der Waals surface area contributed by atoms with Gasteiger partial charge in [-0.2, -0.15) is 5.10 Å². The van der Waals surface area contributed by atoms with Gasteiger partial charge in [-0.25, -0.2) is 9.07 Å². The summed E-state index contributed by atoms with van der Waals surface area (Å²) in [6.07, 6.45) is 6.48. The number of nitrogens with one attached hydrogen (secondary N) is 1. The summed E-state index contributed by atoms with van der Waals surface area (Å²) in [5, 5.41) is 7.41. The Hall–Kier alpha value is -2.21. The van der Waals surface area contributed by atoms with Gasteiger partial charge in [-0.1, -0.05) is 0 Å². The van der Waals surface area contributed by atoms with E-state index in [1.807, 2.05) is 0 Å². The Kier molecular flexibility index (Phi) is 4.53. The van der Waals surface area contributed by atoms with Crippen molar-refractivity contribution >= 4 is 5.91 Å². The van der Waals surface area contributed by atoms with E-state index in [0.717, 1.165) is 37.5 Å². The normalized spacial score (nSPS) is 19.1. The highest BCUT2D eigenvalue weighted by Crippen LogP contribution is 2.30. The molecule has 2 aliphatic rings. The van der Waals surface area contributed by atoms with Crippen LogP contribution in [-0.4, -0.2) is 46.3 Å². The van der Waals surface area contributed by atoms with Gasteiger partial charge in [0.25, 0.3) is 5.91 Å². The largest absolute Gasteiger partial charge is 0.348 e. The summed E-state index contributed by atoms with van der Waals surface area (Å²) in [6.45, 7) is 3.35. The molecule has 1 N–H and O–H groups in total. The second-order valence-electron chi connectivity index (χ2n) is 7.11. The first kappa shape index (κ1) is 16.3. The topological polar surface area (TPSA) is 50.2 Å². The number of rotatable bonds is 5. The molecule has 25 heavy (non-hydrogen) atoms. The smallest absolute Gasteiger partial charge is 0.272 e. The van der Waals surface area contributed by atoms with Crippen molar-refractivity contribution in [2.24, 2.45) is 5.92 Å². The molecule has 1 saturated carbocycles. The number of halogens is 1. The number of carbonyl (C=O) groups is 1. The maximum absolute atomic E-state index is 13.0. The lowest BCUT2D eigenvalue weighted by molar-refractivity contribution is 0.0904. The number of benzene rings is 1. The molecule has 1 aromatic heterocycles. The molecule has 2 fully saturated rings. The molecule has 0 spiro atoms. The average molecular weight is 342 g/mol. The van der Waals surface area contributed by atoms with Crippen LogP contribution in [0.1, 0.15) is 36.2 Å². The molecule has 1 amide bonds. The molecule has 1 aromatic carbocycles. The van der Waals surface area contributed by atoms with Gasteiger partial charge in [-0.15, -0.1) is 0 Å². The molecule has 0 atom stereocenters. The lowest BCUT2D eigenvalue weighted by Gasteiger charge is -2.32. The maximum Gasteiger partial charge on any atom is 0.272 e. The zero-order valence-electron chi connectivity index (χ0n) is 14.2. The lowest BCUT2D eigenvalue weighted by atomic mass is 10.0. The lowest BCUT2D eigenvalue weighted by Crippen LogP contribution is -2.45. The molecule has 4 rings (SSSR count). The Morgan fingerprint density at radius 1 is 1.12 bits per heavy atom. The minimum absolute atomic E-state index is 0.137. The number of likely N-dealkylation sites (tertiary alicyclic amines) is 1. The highest BCUT2D eigenvalue weighted by atomic mass is 19.1. The van der Waals surface area contributed by atoms with Crippen LogP contribution in [0.4, 0.5) is 4.39 Å². The van der Waals surface area contributed by atoms with Crippen LogP contribution in [0.3, 0.4) is 0 Å². The van der Waals surface area contributed by atoms with Crippen LogP contribution in [0, 0.1) is 11.7 Å². The number of hydrogen-bond acceptors (Lipinski definition) is 3. The van der Waals surface area contributed by atoms with Crippen LogP contribution in [-0.2, 0) is 0 Å². The van der Waals surface area contributed by atoms with E-state index in [1.165, 1.54) is 31.5 Å². The van der Waals surface area contributed by atoms with Gasteiger partial charge in [0.05, 0.1) is 5.69 Å². The molecule has 6 heteroatoms. The Bertz CT molecular complexity index is 730. The van der Waals surface area contributed by atoms with Gasteiger partial charge in [-0.05, 0) is 61.9 Å². The summed E-state index contributed by atoms with van der Waals surface area (Å²) in [7, 11) is 0. The molecule has 132 valence electrons. The third-order valence-electron chi connectivity index (χ3n) is 5.05. The van der Waals surface area contributed by atoms with Crippen LogP contribution in [0.5, 0.6) is 0 Å². The minimum atomic E-state index is -0.290. The molecule has 0 radical (unpaired) electrons. The summed E-state index contributed by atoms with van der Waals surface area (Å²) in [5.74, 6) is 0.491. The molecule has 2 heterocycles. The van der Waals surface area contributed by atoms with Crippen LogP contribution in [0.2, 0.25) is 0 Å². The zero-order chi connectivity index (χ0) is 17.2. The van der Waals surface area contributed by atoms with E-state index < -0.39 is 0 Å².